The molecule has 1 aliphatic carbocycles. The number of aryl methyl sites for hydroxylation is 1. The molecular weight excluding hydrogens is 234 g/mol. The Hall–Kier alpha value is -0.570. The minimum Gasteiger partial charge on any atom is -0.298 e. The van der Waals surface area contributed by atoms with Crippen LogP contribution in [0.25, 0.3) is 0 Å². The third kappa shape index (κ3) is 2.65. The number of nitrogens with zero attached hydrogens (tertiary/aromatic N) is 3. The standard InChI is InChI=1S/C13H22ClN3/c1-3-7-12-15-16-13(14)17(12)11-9-6-5-8-10(11)4-2/h10-11H,3-9H2,1-2H3. The van der Waals surface area contributed by atoms with Crippen LogP contribution in [0.3, 0.4) is 0 Å². The maximum Gasteiger partial charge on any atom is 0.225 e. The van der Waals surface area contributed by atoms with Crippen LogP contribution in [0, 0.1) is 5.92 Å². The SMILES string of the molecule is CCCc1nnc(Cl)n1C1CCCCC1CC. The van der Waals surface area contributed by atoms with E-state index in [1.165, 1.54) is 32.1 Å². The molecule has 2 rings (SSSR count). The fourth-order valence-electron chi connectivity index (χ4n) is 3.03. The van der Waals surface area contributed by atoms with E-state index in [1.807, 2.05) is 0 Å². The highest BCUT2D eigenvalue weighted by molar-refractivity contribution is 6.28. The van der Waals surface area contributed by atoms with Crippen LogP contribution in [0.5, 0.6) is 0 Å². The van der Waals surface area contributed by atoms with E-state index in [1.54, 1.807) is 0 Å². The Kier molecular flexibility index (Phi) is 4.43. The van der Waals surface area contributed by atoms with Gasteiger partial charge in [0.25, 0.3) is 0 Å². The van der Waals surface area contributed by atoms with Gasteiger partial charge in [0, 0.05) is 12.5 Å². The lowest BCUT2D eigenvalue weighted by Gasteiger charge is -2.32. The van der Waals surface area contributed by atoms with Crippen LogP contribution in [0.15, 0.2) is 0 Å². The van der Waals surface area contributed by atoms with Crippen LogP contribution >= 0.6 is 11.6 Å². The molecule has 0 amide bonds. The lowest BCUT2D eigenvalue weighted by atomic mass is 9.82. The Morgan fingerprint density at radius 1 is 1.24 bits per heavy atom. The maximum atomic E-state index is 6.23. The summed E-state index contributed by atoms with van der Waals surface area (Å²) in [6.07, 6.45) is 8.52. The molecule has 1 aromatic rings. The van der Waals surface area contributed by atoms with Gasteiger partial charge in [0.15, 0.2) is 0 Å². The molecule has 1 aromatic heterocycles. The van der Waals surface area contributed by atoms with Crippen molar-refractivity contribution >= 4 is 11.6 Å². The van der Waals surface area contributed by atoms with Crippen molar-refractivity contribution < 1.29 is 0 Å². The Bertz CT molecular complexity index is 362. The monoisotopic (exact) mass is 255 g/mol. The van der Waals surface area contributed by atoms with Crippen molar-refractivity contribution in [1.82, 2.24) is 14.8 Å². The van der Waals surface area contributed by atoms with Gasteiger partial charge in [-0.05, 0) is 36.8 Å². The van der Waals surface area contributed by atoms with Crippen LogP contribution in [0.2, 0.25) is 5.28 Å². The first-order chi connectivity index (χ1) is 8.27. The van der Waals surface area contributed by atoms with E-state index in [0.717, 1.165) is 24.6 Å². The fourth-order valence-corrected chi connectivity index (χ4v) is 3.29. The third-order valence-corrected chi connectivity index (χ3v) is 4.18. The summed E-state index contributed by atoms with van der Waals surface area (Å²) in [5, 5.41) is 8.87. The topological polar surface area (TPSA) is 30.7 Å². The van der Waals surface area contributed by atoms with Gasteiger partial charge in [0.2, 0.25) is 5.28 Å². The molecule has 0 aliphatic heterocycles. The van der Waals surface area contributed by atoms with Crippen LogP contribution < -0.4 is 0 Å². The van der Waals surface area contributed by atoms with E-state index < -0.39 is 0 Å². The first-order valence-electron chi connectivity index (χ1n) is 6.87. The number of hydrogen-bond donors (Lipinski definition) is 0. The smallest absolute Gasteiger partial charge is 0.225 e. The second-order valence-corrected chi connectivity index (χ2v) is 5.36. The minimum absolute atomic E-state index is 0.526. The van der Waals surface area contributed by atoms with Gasteiger partial charge in [-0.2, -0.15) is 0 Å². The van der Waals surface area contributed by atoms with E-state index in [4.69, 9.17) is 11.6 Å². The van der Waals surface area contributed by atoms with Crippen LogP contribution in [0.4, 0.5) is 0 Å². The fraction of sp³-hybridized carbons (Fsp3) is 0.846. The number of aromatic nitrogens is 3. The molecule has 96 valence electrons. The lowest BCUT2D eigenvalue weighted by molar-refractivity contribution is 0.228. The zero-order valence-corrected chi connectivity index (χ0v) is 11.6. The highest BCUT2D eigenvalue weighted by Gasteiger charge is 2.28. The molecule has 17 heavy (non-hydrogen) atoms. The Morgan fingerprint density at radius 2 is 2.00 bits per heavy atom. The Morgan fingerprint density at radius 3 is 2.71 bits per heavy atom. The molecule has 0 aromatic carbocycles. The molecule has 0 N–H and O–H groups in total. The lowest BCUT2D eigenvalue weighted by Crippen LogP contribution is -2.24. The molecule has 0 spiro atoms. The van der Waals surface area contributed by atoms with Crippen molar-refractivity contribution in [2.45, 2.75) is 64.8 Å². The van der Waals surface area contributed by atoms with Crippen molar-refractivity contribution in [3.05, 3.63) is 11.1 Å². The van der Waals surface area contributed by atoms with Crippen molar-refractivity contribution in [2.75, 3.05) is 0 Å². The minimum atomic E-state index is 0.526. The second kappa shape index (κ2) is 5.85. The summed E-state index contributed by atoms with van der Waals surface area (Å²) in [5.41, 5.74) is 0. The molecule has 0 bridgehead atoms. The zero-order valence-electron chi connectivity index (χ0n) is 10.8. The third-order valence-electron chi connectivity index (χ3n) is 3.92. The molecule has 1 heterocycles. The Balaban J connectivity index is 2.26. The number of rotatable bonds is 4. The highest BCUT2D eigenvalue weighted by Crippen LogP contribution is 2.38. The number of halogens is 1. The van der Waals surface area contributed by atoms with Crippen molar-refractivity contribution in [2.24, 2.45) is 5.92 Å². The maximum absolute atomic E-state index is 6.23. The van der Waals surface area contributed by atoms with Gasteiger partial charge in [0.1, 0.15) is 5.82 Å². The van der Waals surface area contributed by atoms with E-state index in [-0.39, 0.29) is 0 Å². The summed E-state index contributed by atoms with van der Waals surface area (Å²) in [6, 6.07) is 0.526. The molecule has 4 heteroatoms. The first kappa shape index (κ1) is 12.9. The van der Waals surface area contributed by atoms with Gasteiger partial charge in [-0.1, -0.05) is 33.1 Å². The molecule has 2 unspecified atom stereocenters. The van der Waals surface area contributed by atoms with E-state index in [9.17, 15) is 0 Å². The predicted molar refractivity (Wildman–Crippen MR) is 70.3 cm³/mol. The van der Waals surface area contributed by atoms with Crippen molar-refractivity contribution in [3.63, 3.8) is 0 Å². The van der Waals surface area contributed by atoms with E-state index >= 15 is 0 Å². The van der Waals surface area contributed by atoms with Gasteiger partial charge in [0.05, 0.1) is 0 Å². The van der Waals surface area contributed by atoms with Crippen molar-refractivity contribution in [3.8, 4) is 0 Å². The van der Waals surface area contributed by atoms with Crippen LogP contribution in [0.1, 0.15) is 64.2 Å². The molecule has 1 fully saturated rings. The average molecular weight is 256 g/mol. The summed E-state index contributed by atoms with van der Waals surface area (Å²) >= 11 is 6.23. The van der Waals surface area contributed by atoms with Crippen molar-refractivity contribution in [1.29, 1.82) is 0 Å². The largest absolute Gasteiger partial charge is 0.298 e. The molecule has 2 atom stereocenters. The molecule has 0 saturated heterocycles. The normalized spacial score (nSPS) is 25.1. The first-order valence-corrected chi connectivity index (χ1v) is 7.25. The molecule has 1 aliphatic rings. The quantitative estimate of drug-likeness (QED) is 0.813. The summed E-state index contributed by atoms with van der Waals surface area (Å²) < 4.78 is 2.21. The van der Waals surface area contributed by atoms with Crippen LogP contribution in [-0.4, -0.2) is 14.8 Å². The van der Waals surface area contributed by atoms with Gasteiger partial charge in [-0.15, -0.1) is 10.2 Å². The van der Waals surface area contributed by atoms with Gasteiger partial charge >= 0.3 is 0 Å². The van der Waals surface area contributed by atoms with Gasteiger partial charge in [-0.3, -0.25) is 4.57 Å². The molecule has 0 radical (unpaired) electrons. The summed E-state index contributed by atoms with van der Waals surface area (Å²) in [7, 11) is 0. The highest BCUT2D eigenvalue weighted by atomic mass is 35.5. The van der Waals surface area contributed by atoms with Crippen LogP contribution in [-0.2, 0) is 6.42 Å². The molecule has 3 nitrogen and oxygen atoms in total. The average Bonchev–Trinajstić information content (AvgIpc) is 2.71. The summed E-state index contributed by atoms with van der Waals surface area (Å²) in [4.78, 5) is 0. The zero-order chi connectivity index (χ0) is 12.3. The number of hydrogen-bond acceptors (Lipinski definition) is 2. The Labute approximate surface area is 109 Å². The molecular formula is C13H22ClN3. The molecule has 1 saturated carbocycles. The van der Waals surface area contributed by atoms with Gasteiger partial charge in [-0.25, -0.2) is 0 Å². The van der Waals surface area contributed by atoms with Gasteiger partial charge < -0.3 is 0 Å². The summed E-state index contributed by atoms with van der Waals surface area (Å²) in [6.45, 7) is 4.45. The van der Waals surface area contributed by atoms with E-state index in [0.29, 0.717) is 11.3 Å². The predicted octanol–water partition coefficient (Wildman–Crippen LogP) is 4.03. The van der Waals surface area contributed by atoms with E-state index in [2.05, 4.69) is 28.6 Å². The summed E-state index contributed by atoms with van der Waals surface area (Å²) in [5.74, 6) is 1.82. The second-order valence-electron chi connectivity index (χ2n) is 5.03.